The summed E-state index contributed by atoms with van der Waals surface area (Å²) in [5, 5.41) is 2.96. The van der Waals surface area contributed by atoms with Crippen LogP contribution in [0.15, 0.2) is 30.6 Å². The van der Waals surface area contributed by atoms with Gasteiger partial charge in [0.2, 0.25) is 0 Å². The predicted octanol–water partition coefficient (Wildman–Crippen LogP) is 0.786. The SMILES string of the molecule is O=C(NCCCN1CCOCC1)c1cnc2ccccn12. The summed E-state index contributed by atoms with van der Waals surface area (Å²) in [5.74, 6) is -0.0734. The molecule has 112 valence electrons. The van der Waals surface area contributed by atoms with Crippen LogP contribution in [0.1, 0.15) is 16.9 Å². The molecule has 3 heterocycles. The fraction of sp³-hybridized carbons (Fsp3) is 0.467. The highest BCUT2D eigenvalue weighted by atomic mass is 16.5. The smallest absolute Gasteiger partial charge is 0.269 e. The van der Waals surface area contributed by atoms with Crippen LogP contribution in [-0.4, -0.2) is 59.6 Å². The lowest BCUT2D eigenvalue weighted by atomic mass is 10.3. The lowest BCUT2D eigenvalue weighted by Gasteiger charge is -2.26. The molecule has 0 radical (unpaired) electrons. The zero-order valence-electron chi connectivity index (χ0n) is 12.0. The molecule has 1 saturated heterocycles. The highest BCUT2D eigenvalue weighted by Crippen LogP contribution is 2.05. The Hall–Kier alpha value is -1.92. The van der Waals surface area contributed by atoms with E-state index in [1.54, 1.807) is 10.6 Å². The van der Waals surface area contributed by atoms with Crippen molar-refractivity contribution in [3.8, 4) is 0 Å². The van der Waals surface area contributed by atoms with E-state index < -0.39 is 0 Å². The van der Waals surface area contributed by atoms with Gasteiger partial charge in [-0.25, -0.2) is 4.98 Å². The molecule has 0 saturated carbocycles. The van der Waals surface area contributed by atoms with Gasteiger partial charge in [-0.1, -0.05) is 6.07 Å². The van der Waals surface area contributed by atoms with Gasteiger partial charge in [0.15, 0.2) is 0 Å². The van der Waals surface area contributed by atoms with Crippen molar-refractivity contribution in [2.24, 2.45) is 0 Å². The summed E-state index contributed by atoms with van der Waals surface area (Å²) in [6.07, 6.45) is 4.42. The number of carbonyl (C=O) groups excluding carboxylic acids is 1. The largest absolute Gasteiger partial charge is 0.379 e. The van der Waals surface area contributed by atoms with Gasteiger partial charge in [0, 0.05) is 25.8 Å². The number of ether oxygens (including phenoxy) is 1. The minimum absolute atomic E-state index is 0.0734. The van der Waals surface area contributed by atoms with Gasteiger partial charge in [-0.15, -0.1) is 0 Å². The number of nitrogens with one attached hydrogen (secondary N) is 1. The Bertz CT molecular complexity index is 604. The molecule has 2 aromatic heterocycles. The van der Waals surface area contributed by atoms with Gasteiger partial charge in [-0.05, 0) is 25.1 Å². The van der Waals surface area contributed by atoms with Gasteiger partial charge >= 0.3 is 0 Å². The molecule has 1 N–H and O–H groups in total. The van der Waals surface area contributed by atoms with Gasteiger partial charge in [-0.3, -0.25) is 14.1 Å². The average Bonchev–Trinajstić information content (AvgIpc) is 2.96. The summed E-state index contributed by atoms with van der Waals surface area (Å²) in [5.41, 5.74) is 1.37. The molecule has 3 rings (SSSR count). The number of carbonyl (C=O) groups is 1. The monoisotopic (exact) mass is 288 g/mol. The third kappa shape index (κ3) is 3.40. The molecule has 0 aliphatic carbocycles. The molecule has 6 nitrogen and oxygen atoms in total. The van der Waals surface area contributed by atoms with Crippen molar-refractivity contribution in [1.82, 2.24) is 19.6 Å². The van der Waals surface area contributed by atoms with E-state index in [-0.39, 0.29) is 5.91 Å². The second-order valence-electron chi connectivity index (χ2n) is 5.14. The number of morpholine rings is 1. The Morgan fingerprint density at radius 1 is 1.33 bits per heavy atom. The lowest BCUT2D eigenvalue weighted by Crippen LogP contribution is -2.38. The van der Waals surface area contributed by atoms with Crippen LogP contribution >= 0.6 is 0 Å². The van der Waals surface area contributed by atoms with Crippen molar-refractivity contribution in [3.05, 3.63) is 36.3 Å². The van der Waals surface area contributed by atoms with Crippen LogP contribution in [0.5, 0.6) is 0 Å². The molecule has 21 heavy (non-hydrogen) atoms. The Morgan fingerprint density at radius 2 is 2.19 bits per heavy atom. The molecule has 1 amide bonds. The van der Waals surface area contributed by atoms with Crippen molar-refractivity contribution >= 4 is 11.6 Å². The first-order valence-corrected chi connectivity index (χ1v) is 7.35. The van der Waals surface area contributed by atoms with Crippen LogP contribution in [0.25, 0.3) is 5.65 Å². The van der Waals surface area contributed by atoms with Crippen molar-refractivity contribution in [2.75, 3.05) is 39.4 Å². The van der Waals surface area contributed by atoms with Crippen molar-refractivity contribution < 1.29 is 9.53 Å². The molecule has 0 unspecified atom stereocenters. The molecule has 1 aliphatic heterocycles. The number of aromatic nitrogens is 2. The third-order valence-corrected chi connectivity index (χ3v) is 3.69. The number of amides is 1. The maximum Gasteiger partial charge on any atom is 0.269 e. The summed E-state index contributed by atoms with van der Waals surface area (Å²) in [4.78, 5) is 18.8. The van der Waals surface area contributed by atoms with E-state index in [1.165, 1.54) is 0 Å². The fourth-order valence-corrected chi connectivity index (χ4v) is 2.52. The number of nitrogens with zero attached hydrogens (tertiary/aromatic N) is 3. The highest BCUT2D eigenvalue weighted by molar-refractivity contribution is 5.93. The van der Waals surface area contributed by atoms with Crippen LogP contribution in [0.2, 0.25) is 0 Å². The second-order valence-corrected chi connectivity index (χ2v) is 5.14. The van der Waals surface area contributed by atoms with E-state index in [0.717, 1.165) is 44.9 Å². The number of pyridine rings is 1. The molecule has 1 fully saturated rings. The van der Waals surface area contributed by atoms with Gasteiger partial charge < -0.3 is 10.1 Å². The molecule has 0 aromatic carbocycles. The molecule has 6 heteroatoms. The van der Waals surface area contributed by atoms with Crippen LogP contribution in [0, 0.1) is 0 Å². The number of imidazole rings is 1. The maximum absolute atomic E-state index is 12.2. The quantitative estimate of drug-likeness (QED) is 0.826. The molecular formula is C15H20N4O2. The first kappa shape index (κ1) is 14.0. The van der Waals surface area contributed by atoms with Crippen LogP contribution < -0.4 is 5.32 Å². The number of hydrogen-bond acceptors (Lipinski definition) is 4. The van der Waals surface area contributed by atoms with Crippen molar-refractivity contribution in [1.29, 1.82) is 0 Å². The number of fused-ring (bicyclic) bond motifs is 1. The Morgan fingerprint density at radius 3 is 3.05 bits per heavy atom. The third-order valence-electron chi connectivity index (χ3n) is 3.69. The Kier molecular flexibility index (Phi) is 4.47. The first-order chi connectivity index (χ1) is 10.3. The first-order valence-electron chi connectivity index (χ1n) is 7.35. The lowest BCUT2D eigenvalue weighted by molar-refractivity contribution is 0.0374. The standard InChI is InChI=1S/C15H20N4O2/c20-15(13-12-17-14-4-1-2-7-19(13)14)16-5-3-6-18-8-10-21-11-9-18/h1-2,4,7,12H,3,5-6,8-11H2,(H,16,20). The zero-order valence-corrected chi connectivity index (χ0v) is 12.0. The van der Waals surface area contributed by atoms with Gasteiger partial charge in [0.05, 0.1) is 19.4 Å². The topological polar surface area (TPSA) is 58.9 Å². The normalized spacial score (nSPS) is 16.2. The summed E-state index contributed by atoms with van der Waals surface area (Å²) < 4.78 is 7.12. The molecule has 0 atom stereocenters. The fourth-order valence-electron chi connectivity index (χ4n) is 2.52. The van der Waals surface area contributed by atoms with Crippen molar-refractivity contribution in [2.45, 2.75) is 6.42 Å². The van der Waals surface area contributed by atoms with Gasteiger partial charge in [0.1, 0.15) is 11.3 Å². The number of rotatable bonds is 5. The Balaban J connectivity index is 1.48. The average molecular weight is 288 g/mol. The number of hydrogen-bond donors (Lipinski definition) is 1. The Labute approximate surface area is 123 Å². The van der Waals surface area contributed by atoms with Gasteiger partial charge in [0.25, 0.3) is 5.91 Å². The summed E-state index contributed by atoms with van der Waals surface area (Å²) >= 11 is 0. The molecule has 0 bridgehead atoms. The maximum atomic E-state index is 12.2. The van der Waals surface area contributed by atoms with Crippen molar-refractivity contribution in [3.63, 3.8) is 0 Å². The van der Waals surface area contributed by atoms with E-state index in [1.807, 2.05) is 24.4 Å². The summed E-state index contributed by atoms with van der Waals surface area (Å²) in [6, 6.07) is 5.69. The van der Waals surface area contributed by atoms with Gasteiger partial charge in [-0.2, -0.15) is 0 Å². The van der Waals surface area contributed by atoms with E-state index in [2.05, 4.69) is 15.2 Å². The van der Waals surface area contributed by atoms with E-state index >= 15 is 0 Å². The van der Waals surface area contributed by atoms with Crippen LogP contribution in [0.3, 0.4) is 0 Å². The minimum Gasteiger partial charge on any atom is -0.379 e. The molecule has 0 spiro atoms. The van der Waals surface area contributed by atoms with E-state index in [4.69, 9.17) is 4.74 Å². The van der Waals surface area contributed by atoms with E-state index in [9.17, 15) is 4.79 Å². The minimum atomic E-state index is -0.0734. The van der Waals surface area contributed by atoms with Crippen LogP contribution in [-0.2, 0) is 4.74 Å². The van der Waals surface area contributed by atoms with E-state index in [0.29, 0.717) is 12.2 Å². The molecule has 2 aromatic rings. The second kappa shape index (κ2) is 6.69. The molecular weight excluding hydrogens is 268 g/mol. The highest BCUT2D eigenvalue weighted by Gasteiger charge is 2.12. The zero-order chi connectivity index (χ0) is 14.5. The van der Waals surface area contributed by atoms with Crippen LogP contribution in [0.4, 0.5) is 0 Å². The molecule has 1 aliphatic rings. The summed E-state index contributed by atoms with van der Waals surface area (Å²) in [7, 11) is 0. The predicted molar refractivity (Wildman–Crippen MR) is 79.4 cm³/mol. The summed E-state index contributed by atoms with van der Waals surface area (Å²) in [6.45, 7) is 5.28.